The smallest absolute Gasteiger partial charge is 0.161 e. The van der Waals surface area contributed by atoms with Crippen molar-refractivity contribution in [1.82, 2.24) is 5.32 Å². The average molecular weight is 263 g/mol. The van der Waals surface area contributed by atoms with Gasteiger partial charge in [0, 0.05) is 6.04 Å². The lowest BCUT2D eigenvalue weighted by Gasteiger charge is -2.33. The van der Waals surface area contributed by atoms with Crippen LogP contribution in [0.2, 0.25) is 0 Å². The minimum absolute atomic E-state index is 0.0854. The highest BCUT2D eigenvalue weighted by molar-refractivity contribution is 5.40. The number of benzene rings is 1. The van der Waals surface area contributed by atoms with Gasteiger partial charge in [-0.1, -0.05) is 32.9 Å². The van der Waals surface area contributed by atoms with E-state index < -0.39 is 0 Å². The van der Waals surface area contributed by atoms with Crippen LogP contribution in [0.5, 0.6) is 11.5 Å². The van der Waals surface area contributed by atoms with Crippen molar-refractivity contribution in [2.45, 2.75) is 45.8 Å². The lowest BCUT2D eigenvalue weighted by Crippen LogP contribution is -2.46. The summed E-state index contributed by atoms with van der Waals surface area (Å²) >= 11 is 0. The molecule has 1 aromatic carbocycles. The number of fused-ring (bicyclic) bond motifs is 1. The largest absolute Gasteiger partial charge is 0.486 e. The molecule has 2 atom stereocenters. The zero-order valence-corrected chi connectivity index (χ0v) is 12.4. The second kappa shape index (κ2) is 5.83. The van der Waals surface area contributed by atoms with E-state index in [1.54, 1.807) is 0 Å². The maximum atomic E-state index is 6.06. The molecule has 0 amide bonds. The lowest BCUT2D eigenvalue weighted by atomic mass is 9.87. The molecule has 0 aliphatic carbocycles. The molecular weight excluding hydrogens is 238 g/mol. The molecule has 0 spiro atoms. The molecular formula is C16H25NO2. The van der Waals surface area contributed by atoms with Crippen LogP contribution in [0.4, 0.5) is 0 Å². The first-order valence-electron chi connectivity index (χ1n) is 7.05. The van der Waals surface area contributed by atoms with Gasteiger partial charge < -0.3 is 14.8 Å². The van der Waals surface area contributed by atoms with Gasteiger partial charge in [0.05, 0.1) is 0 Å². The van der Waals surface area contributed by atoms with Crippen molar-refractivity contribution in [2.75, 3.05) is 13.7 Å². The maximum Gasteiger partial charge on any atom is 0.161 e. The zero-order valence-electron chi connectivity index (χ0n) is 12.4. The highest BCUT2D eigenvalue weighted by Crippen LogP contribution is 2.32. The van der Waals surface area contributed by atoms with Crippen LogP contribution in [0.15, 0.2) is 24.3 Å². The Morgan fingerprint density at radius 3 is 2.58 bits per heavy atom. The summed E-state index contributed by atoms with van der Waals surface area (Å²) in [6, 6.07) is 8.20. The molecule has 19 heavy (non-hydrogen) atoms. The summed E-state index contributed by atoms with van der Waals surface area (Å²) in [6.07, 6.45) is 2.35. The molecule has 2 unspecified atom stereocenters. The zero-order chi connectivity index (χ0) is 13.9. The van der Waals surface area contributed by atoms with E-state index in [1.165, 1.54) is 6.42 Å². The van der Waals surface area contributed by atoms with Crippen LogP contribution >= 0.6 is 0 Å². The lowest BCUT2D eigenvalue weighted by molar-refractivity contribution is 0.0584. The van der Waals surface area contributed by atoms with Crippen LogP contribution in [-0.2, 0) is 0 Å². The van der Waals surface area contributed by atoms with Gasteiger partial charge in [0.15, 0.2) is 11.5 Å². The van der Waals surface area contributed by atoms with Crippen molar-refractivity contribution in [3.8, 4) is 11.5 Å². The summed E-state index contributed by atoms with van der Waals surface area (Å²) in [6.45, 7) is 7.43. The molecule has 0 saturated heterocycles. The number of ether oxygens (including phenoxy) is 2. The minimum Gasteiger partial charge on any atom is -0.486 e. The van der Waals surface area contributed by atoms with Gasteiger partial charge in [-0.15, -0.1) is 0 Å². The van der Waals surface area contributed by atoms with Crippen LogP contribution in [0.3, 0.4) is 0 Å². The molecule has 1 heterocycles. The summed E-state index contributed by atoms with van der Waals surface area (Å²) in [7, 11) is 2.00. The van der Waals surface area contributed by atoms with Crippen LogP contribution in [0.25, 0.3) is 0 Å². The Bertz CT molecular complexity index is 411. The number of para-hydroxylation sites is 2. The van der Waals surface area contributed by atoms with Crippen LogP contribution in [0.1, 0.15) is 33.6 Å². The van der Waals surface area contributed by atoms with E-state index in [0.29, 0.717) is 18.1 Å². The van der Waals surface area contributed by atoms with E-state index in [9.17, 15) is 0 Å². The third-order valence-corrected chi connectivity index (χ3v) is 3.56. The van der Waals surface area contributed by atoms with E-state index in [1.807, 2.05) is 31.3 Å². The Balaban J connectivity index is 1.98. The van der Waals surface area contributed by atoms with Crippen LogP contribution in [0, 0.1) is 5.41 Å². The summed E-state index contributed by atoms with van der Waals surface area (Å²) in [5.41, 5.74) is 0.350. The van der Waals surface area contributed by atoms with E-state index in [2.05, 4.69) is 26.1 Å². The van der Waals surface area contributed by atoms with Gasteiger partial charge in [0.25, 0.3) is 0 Å². The van der Waals surface area contributed by atoms with Crippen molar-refractivity contribution in [3.05, 3.63) is 24.3 Å². The Morgan fingerprint density at radius 2 is 1.95 bits per heavy atom. The number of rotatable bonds is 4. The highest BCUT2D eigenvalue weighted by Gasteiger charge is 2.28. The monoisotopic (exact) mass is 263 g/mol. The minimum atomic E-state index is 0.0854. The summed E-state index contributed by atoms with van der Waals surface area (Å²) in [5, 5.41) is 3.37. The molecule has 0 saturated carbocycles. The van der Waals surface area contributed by atoms with Gasteiger partial charge in [0.2, 0.25) is 0 Å². The molecule has 2 rings (SSSR count). The third kappa shape index (κ3) is 3.87. The molecule has 0 fully saturated rings. The molecule has 0 aromatic heterocycles. The van der Waals surface area contributed by atoms with Crippen molar-refractivity contribution in [1.29, 1.82) is 0 Å². The summed E-state index contributed by atoms with van der Waals surface area (Å²) < 4.78 is 11.8. The molecule has 0 radical (unpaired) electrons. The molecule has 1 aliphatic heterocycles. The van der Waals surface area contributed by atoms with E-state index in [0.717, 1.165) is 17.9 Å². The standard InChI is InChI=1S/C16H25NO2/c1-16(2,3)10-9-12(17-4)15-11-18-13-7-5-6-8-14(13)19-15/h5-8,12,15,17H,9-11H2,1-4H3. The van der Waals surface area contributed by atoms with Crippen molar-refractivity contribution < 1.29 is 9.47 Å². The Kier molecular flexibility index (Phi) is 4.35. The number of likely N-dealkylation sites (N-methyl/N-ethyl adjacent to an activating group) is 1. The molecule has 1 N–H and O–H groups in total. The summed E-state index contributed by atoms with van der Waals surface area (Å²) in [4.78, 5) is 0. The molecule has 3 nitrogen and oxygen atoms in total. The Morgan fingerprint density at radius 1 is 1.26 bits per heavy atom. The average Bonchev–Trinajstić information content (AvgIpc) is 2.38. The van der Waals surface area contributed by atoms with Gasteiger partial charge in [0.1, 0.15) is 12.7 Å². The van der Waals surface area contributed by atoms with Gasteiger partial charge >= 0.3 is 0 Å². The normalized spacial score (nSPS) is 20.1. The van der Waals surface area contributed by atoms with Crippen LogP contribution in [-0.4, -0.2) is 25.8 Å². The molecule has 3 heteroatoms. The van der Waals surface area contributed by atoms with Crippen molar-refractivity contribution in [3.63, 3.8) is 0 Å². The van der Waals surface area contributed by atoms with Gasteiger partial charge in [-0.3, -0.25) is 0 Å². The fourth-order valence-corrected chi connectivity index (χ4v) is 2.34. The maximum absolute atomic E-state index is 6.06. The number of nitrogens with one attached hydrogen (secondary N) is 1. The van der Waals surface area contributed by atoms with E-state index in [-0.39, 0.29) is 6.10 Å². The Labute approximate surface area is 116 Å². The predicted molar refractivity (Wildman–Crippen MR) is 77.9 cm³/mol. The predicted octanol–water partition coefficient (Wildman–Crippen LogP) is 3.24. The fourth-order valence-electron chi connectivity index (χ4n) is 2.34. The van der Waals surface area contributed by atoms with Crippen LogP contribution < -0.4 is 14.8 Å². The second-order valence-corrected chi connectivity index (χ2v) is 6.41. The second-order valence-electron chi connectivity index (χ2n) is 6.41. The van der Waals surface area contributed by atoms with Gasteiger partial charge in [-0.05, 0) is 37.4 Å². The van der Waals surface area contributed by atoms with E-state index >= 15 is 0 Å². The molecule has 1 aromatic rings. The molecule has 1 aliphatic rings. The quantitative estimate of drug-likeness (QED) is 0.904. The topological polar surface area (TPSA) is 30.5 Å². The van der Waals surface area contributed by atoms with Crippen molar-refractivity contribution in [2.24, 2.45) is 5.41 Å². The number of hydrogen-bond donors (Lipinski definition) is 1. The molecule has 106 valence electrons. The van der Waals surface area contributed by atoms with Gasteiger partial charge in [-0.2, -0.15) is 0 Å². The number of hydrogen-bond acceptors (Lipinski definition) is 3. The van der Waals surface area contributed by atoms with Crippen molar-refractivity contribution >= 4 is 0 Å². The first-order chi connectivity index (χ1) is 8.99. The Hall–Kier alpha value is -1.22. The van der Waals surface area contributed by atoms with Gasteiger partial charge in [-0.25, -0.2) is 0 Å². The highest BCUT2D eigenvalue weighted by atomic mass is 16.6. The summed E-state index contributed by atoms with van der Waals surface area (Å²) in [5.74, 6) is 1.71. The molecule has 0 bridgehead atoms. The first kappa shape index (κ1) is 14.2. The fraction of sp³-hybridized carbons (Fsp3) is 0.625. The SMILES string of the molecule is CNC(CCC(C)(C)C)C1COc2ccccc2O1. The first-order valence-corrected chi connectivity index (χ1v) is 7.05. The van der Waals surface area contributed by atoms with E-state index in [4.69, 9.17) is 9.47 Å². The third-order valence-electron chi connectivity index (χ3n) is 3.56.